The molecule has 0 unspecified atom stereocenters. The van der Waals surface area contributed by atoms with Gasteiger partial charge in [0.2, 0.25) is 5.91 Å². The lowest BCUT2D eigenvalue weighted by molar-refractivity contribution is -0.187. The number of rotatable bonds is 4. The van der Waals surface area contributed by atoms with E-state index in [1.807, 2.05) is 48.2 Å². The summed E-state index contributed by atoms with van der Waals surface area (Å²) < 4.78 is 11.4. The van der Waals surface area contributed by atoms with Gasteiger partial charge in [0.05, 0.1) is 19.8 Å². The Balaban J connectivity index is 1.46. The van der Waals surface area contributed by atoms with Crippen molar-refractivity contribution < 1.29 is 14.3 Å². The summed E-state index contributed by atoms with van der Waals surface area (Å²) in [5, 5.41) is 3.20. The maximum absolute atomic E-state index is 12.3. The van der Waals surface area contributed by atoms with E-state index in [0.29, 0.717) is 32.8 Å². The molecule has 6 nitrogen and oxygen atoms in total. The molecule has 2 fully saturated rings. The monoisotopic (exact) mass is 319 g/mol. The normalized spacial score (nSPS) is 19.8. The molecule has 3 rings (SSSR count). The smallest absolute Gasteiger partial charge is 0.241 e. The average molecular weight is 319 g/mol. The number of carbonyl (C=O) groups is 1. The summed E-state index contributed by atoms with van der Waals surface area (Å²) >= 11 is 0. The quantitative estimate of drug-likeness (QED) is 0.912. The highest BCUT2D eigenvalue weighted by atomic mass is 16.7. The number of benzene rings is 1. The van der Waals surface area contributed by atoms with Crippen LogP contribution in [0.4, 0.5) is 11.4 Å². The lowest BCUT2D eigenvalue weighted by Crippen LogP contribution is -2.48. The van der Waals surface area contributed by atoms with Gasteiger partial charge in [-0.15, -0.1) is 0 Å². The van der Waals surface area contributed by atoms with Crippen LogP contribution in [0.1, 0.15) is 12.8 Å². The van der Waals surface area contributed by atoms with Crippen LogP contribution < -0.4 is 10.2 Å². The Morgan fingerprint density at radius 1 is 1.17 bits per heavy atom. The van der Waals surface area contributed by atoms with E-state index in [1.54, 1.807) is 0 Å². The zero-order chi connectivity index (χ0) is 16.3. The second-order valence-electron chi connectivity index (χ2n) is 6.28. The Kier molecular flexibility index (Phi) is 4.73. The summed E-state index contributed by atoms with van der Waals surface area (Å²) in [7, 11) is 4.01. The van der Waals surface area contributed by atoms with Crippen LogP contribution in [0.5, 0.6) is 0 Å². The first kappa shape index (κ1) is 16.1. The number of carbonyl (C=O) groups excluding carboxylic acids is 1. The van der Waals surface area contributed by atoms with Crippen LogP contribution in [0.25, 0.3) is 0 Å². The number of amides is 1. The van der Waals surface area contributed by atoms with Crippen LogP contribution in [0.2, 0.25) is 0 Å². The number of piperidine rings is 1. The van der Waals surface area contributed by atoms with E-state index in [2.05, 4.69) is 5.32 Å². The van der Waals surface area contributed by atoms with E-state index < -0.39 is 5.79 Å². The molecular formula is C17H25N3O3. The molecule has 0 saturated carbocycles. The predicted octanol–water partition coefficient (Wildman–Crippen LogP) is 1.53. The fourth-order valence-electron chi connectivity index (χ4n) is 3.05. The summed E-state index contributed by atoms with van der Waals surface area (Å²) in [6, 6.07) is 8.06. The third-order valence-electron chi connectivity index (χ3n) is 4.52. The molecule has 1 N–H and O–H groups in total. The molecule has 2 aliphatic heterocycles. The third-order valence-corrected chi connectivity index (χ3v) is 4.52. The van der Waals surface area contributed by atoms with E-state index in [1.165, 1.54) is 0 Å². The van der Waals surface area contributed by atoms with Gasteiger partial charge in [-0.3, -0.25) is 4.79 Å². The van der Waals surface area contributed by atoms with E-state index >= 15 is 0 Å². The van der Waals surface area contributed by atoms with Crippen LogP contribution in [0.3, 0.4) is 0 Å². The zero-order valence-corrected chi connectivity index (χ0v) is 13.9. The van der Waals surface area contributed by atoms with Gasteiger partial charge in [0.1, 0.15) is 0 Å². The molecule has 1 amide bonds. The molecule has 23 heavy (non-hydrogen) atoms. The average Bonchev–Trinajstić information content (AvgIpc) is 3.02. The summed E-state index contributed by atoms with van der Waals surface area (Å²) in [6.45, 7) is 3.03. The van der Waals surface area contributed by atoms with Gasteiger partial charge >= 0.3 is 0 Å². The molecule has 0 bridgehead atoms. The number of hydrogen-bond acceptors (Lipinski definition) is 5. The van der Waals surface area contributed by atoms with Gasteiger partial charge < -0.3 is 24.6 Å². The number of ether oxygens (including phenoxy) is 2. The van der Waals surface area contributed by atoms with Crippen molar-refractivity contribution in [1.82, 2.24) is 4.90 Å². The van der Waals surface area contributed by atoms with Crippen molar-refractivity contribution in [3.8, 4) is 0 Å². The van der Waals surface area contributed by atoms with Gasteiger partial charge in [-0.25, -0.2) is 0 Å². The third kappa shape index (κ3) is 3.76. The zero-order valence-electron chi connectivity index (χ0n) is 13.9. The second kappa shape index (κ2) is 6.76. The highest BCUT2D eigenvalue weighted by molar-refractivity contribution is 5.81. The topological polar surface area (TPSA) is 54.0 Å². The first-order valence-electron chi connectivity index (χ1n) is 8.15. The van der Waals surface area contributed by atoms with Gasteiger partial charge in [0, 0.05) is 51.4 Å². The standard InChI is InChI=1S/C17H25N3O3/c1-19(2)15-5-3-14(4-6-15)18-13-16(21)20-9-7-17(8-10-20)22-11-12-23-17/h3-6,18H,7-13H2,1-2H3. The highest BCUT2D eigenvalue weighted by Crippen LogP contribution is 2.31. The van der Waals surface area contributed by atoms with Gasteiger partial charge in [-0.2, -0.15) is 0 Å². The summed E-state index contributed by atoms with van der Waals surface area (Å²) in [6.07, 6.45) is 1.52. The molecule has 126 valence electrons. The van der Waals surface area contributed by atoms with Crippen molar-refractivity contribution in [3.05, 3.63) is 24.3 Å². The molecule has 2 saturated heterocycles. The first-order valence-corrected chi connectivity index (χ1v) is 8.15. The Morgan fingerprint density at radius 3 is 2.35 bits per heavy atom. The van der Waals surface area contributed by atoms with E-state index in [9.17, 15) is 4.79 Å². The number of nitrogens with one attached hydrogen (secondary N) is 1. The fourth-order valence-corrected chi connectivity index (χ4v) is 3.05. The molecule has 2 aliphatic rings. The Bertz CT molecular complexity index is 529. The van der Waals surface area contributed by atoms with Gasteiger partial charge in [0.15, 0.2) is 5.79 Å². The highest BCUT2D eigenvalue weighted by Gasteiger charge is 2.40. The lowest BCUT2D eigenvalue weighted by atomic mass is 10.0. The fraction of sp³-hybridized carbons (Fsp3) is 0.588. The molecule has 0 aliphatic carbocycles. The summed E-state index contributed by atoms with van der Waals surface area (Å²) in [5.74, 6) is -0.304. The summed E-state index contributed by atoms with van der Waals surface area (Å²) in [4.78, 5) is 16.3. The molecule has 0 radical (unpaired) electrons. The van der Waals surface area contributed by atoms with Crippen LogP contribution in [0.15, 0.2) is 24.3 Å². The van der Waals surface area contributed by atoms with Gasteiger partial charge in [-0.1, -0.05) is 0 Å². The van der Waals surface area contributed by atoms with E-state index in [0.717, 1.165) is 24.2 Å². The maximum atomic E-state index is 12.3. The number of hydrogen-bond donors (Lipinski definition) is 1. The van der Waals surface area contributed by atoms with Crippen molar-refractivity contribution in [1.29, 1.82) is 0 Å². The predicted molar refractivity (Wildman–Crippen MR) is 89.7 cm³/mol. The largest absolute Gasteiger partial charge is 0.378 e. The van der Waals surface area contributed by atoms with Crippen LogP contribution in [-0.2, 0) is 14.3 Å². The van der Waals surface area contributed by atoms with Crippen LogP contribution >= 0.6 is 0 Å². The first-order chi connectivity index (χ1) is 11.1. The minimum Gasteiger partial charge on any atom is -0.378 e. The number of anilines is 2. The Labute approximate surface area is 137 Å². The van der Waals surface area contributed by atoms with Crippen LogP contribution in [-0.4, -0.2) is 63.5 Å². The molecule has 1 spiro atoms. The van der Waals surface area contributed by atoms with E-state index in [4.69, 9.17) is 9.47 Å². The SMILES string of the molecule is CN(C)c1ccc(NCC(=O)N2CCC3(CC2)OCCO3)cc1. The maximum Gasteiger partial charge on any atom is 0.241 e. The molecule has 1 aromatic rings. The molecule has 0 atom stereocenters. The number of likely N-dealkylation sites (tertiary alicyclic amines) is 1. The molecule has 0 aromatic heterocycles. The van der Waals surface area contributed by atoms with Crippen molar-refractivity contribution >= 4 is 17.3 Å². The van der Waals surface area contributed by atoms with Gasteiger partial charge in [-0.05, 0) is 24.3 Å². The minimum atomic E-state index is -0.424. The molecule has 1 aromatic carbocycles. The molecule has 2 heterocycles. The molecule has 6 heteroatoms. The Morgan fingerprint density at radius 2 is 1.78 bits per heavy atom. The van der Waals surface area contributed by atoms with E-state index in [-0.39, 0.29) is 5.91 Å². The van der Waals surface area contributed by atoms with Crippen molar-refractivity contribution in [2.75, 3.05) is 57.2 Å². The van der Waals surface area contributed by atoms with Crippen molar-refractivity contribution in [2.24, 2.45) is 0 Å². The second-order valence-corrected chi connectivity index (χ2v) is 6.28. The number of nitrogens with zero attached hydrogens (tertiary/aromatic N) is 2. The minimum absolute atomic E-state index is 0.120. The van der Waals surface area contributed by atoms with Gasteiger partial charge in [0.25, 0.3) is 0 Å². The van der Waals surface area contributed by atoms with Crippen LogP contribution in [0, 0.1) is 0 Å². The summed E-state index contributed by atoms with van der Waals surface area (Å²) in [5.41, 5.74) is 2.10. The van der Waals surface area contributed by atoms with Crippen molar-refractivity contribution in [2.45, 2.75) is 18.6 Å². The Hall–Kier alpha value is -1.79. The van der Waals surface area contributed by atoms with Crippen molar-refractivity contribution in [3.63, 3.8) is 0 Å². The lowest BCUT2D eigenvalue weighted by Gasteiger charge is -2.37. The molecular weight excluding hydrogens is 294 g/mol.